The zero-order chi connectivity index (χ0) is 17.6. The number of halogens is 2. The first-order valence-electron chi connectivity index (χ1n) is 8.77. The summed E-state index contributed by atoms with van der Waals surface area (Å²) in [4.78, 5) is 12.1. The number of carbonyl (C=O) groups excluding carboxylic acids is 1. The molecule has 0 bridgehead atoms. The Kier molecular flexibility index (Phi) is 4.01. The lowest BCUT2D eigenvalue weighted by Crippen LogP contribution is -2.16. The van der Waals surface area contributed by atoms with Gasteiger partial charge in [-0.25, -0.2) is 8.78 Å². The maximum absolute atomic E-state index is 14.4. The fourth-order valence-corrected chi connectivity index (χ4v) is 3.41. The number of carbonyl (C=O) groups is 1. The molecule has 0 unspecified atom stereocenters. The molecule has 5 nitrogen and oxygen atoms in total. The Morgan fingerprint density at radius 1 is 1.20 bits per heavy atom. The van der Waals surface area contributed by atoms with E-state index in [4.69, 9.17) is 0 Å². The predicted octanol–water partition coefficient (Wildman–Crippen LogP) is 3.54. The zero-order valence-corrected chi connectivity index (χ0v) is 14.1. The lowest BCUT2D eigenvalue weighted by molar-refractivity contribution is -0.117. The Labute approximate surface area is 144 Å². The molecule has 2 heterocycles. The number of nitrogens with one attached hydrogen (secondary N) is 1. The van der Waals surface area contributed by atoms with Crippen molar-refractivity contribution in [2.24, 2.45) is 11.8 Å². The molecule has 4 rings (SSSR count). The summed E-state index contributed by atoms with van der Waals surface area (Å²) in [5.74, 6) is -0.247. The average Bonchev–Trinajstić information content (AvgIpc) is 3.26. The van der Waals surface area contributed by atoms with E-state index < -0.39 is 11.6 Å². The van der Waals surface area contributed by atoms with Gasteiger partial charge in [-0.3, -0.25) is 4.79 Å². The Bertz CT molecular complexity index is 833. The van der Waals surface area contributed by atoms with Gasteiger partial charge in [0.05, 0.1) is 11.3 Å². The topological polar surface area (TPSA) is 59.8 Å². The number of anilines is 1. The van der Waals surface area contributed by atoms with E-state index in [1.54, 1.807) is 0 Å². The summed E-state index contributed by atoms with van der Waals surface area (Å²) < 4.78 is 30.4. The number of rotatable bonds is 3. The monoisotopic (exact) mass is 346 g/mol. The first-order valence-corrected chi connectivity index (χ1v) is 8.77. The van der Waals surface area contributed by atoms with Crippen molar-refractivity contribution in [3.63, 3.8) is 0 Å². The molecule has 1 fully saturated rings. The van der Waals surface area contributed by atoms with E-state index in [9.17, 15) is 13.6 Å². The highest BCUT2D eigenvalue weighted by molar-refractivity contribution is 5.95. The minimum atomic E-state index is -0.779. The number of fused-ring (bicyclic) bond motifs is 1. The van der Waals surface area contributed by atoms with E-state index in [0.29, 0.717) is 11.7 Å². The fourth-order valence-electron chi connectivity index (χ4n) is 3.41. The van der Waals surface area contributed by atoms with Crippen LogP contribution in [0.15, 0.2) is 12.1 Å². The molecular formula is C18H20F2N4O. The second kappa shape index (κ2) is 6.20. The third-order valence-corrected chi connectivity index (χ3v) is 5.11. The van der Waals surface area contributed by atoms with E-state index >= 15 is 0 Å². The lowest BCUT2D eigenvalue weighted by Gasteiger charge is -2.11. The third-order valence-electron chi connectivity index (χ3n) is 5.11. The number of hydrogen-bond acceptors (Lipinski definition) is 3. The van der Waals surface area contributed by atoms with Crippen molar-refractivity contribution < 1.29 is 13.6 Å². The van der Waals surface area contributed by atoms with Crippen molar-refractivity contribution in [3.05, 3.63) is 29.6 Å². The predicted molar refractivity (Wildman–Crippen MR) is 88.8 cm³/mol. The number of aryl methyl sites for hydroxylation is 1. The minimum Gasteiger partial charge on any atom is -0.323 e. The quantitative estimate of drug-likeness (QED) is 0.925. The van der Waals surface area contributed by atoms with Crippen LogP contribution < -0.4 is 5.32 Å². The van der Waals surface area contributed by atoms with E-state index in [0.717, 1.165) is 50.5 Å². The SMILES string of the molecule is C[C@H]1C[C@@H]1C(=O)Nc1cc(-c2nnc3n2CCCCC3)c(F)cc1F. The standard InChI is InChI=1S/C18H20F2N4O/c1-10-7-11(10)18(25)21-15-8-12(13(19)9-14(15)20)17-23-22-16-5-3-2-4-6-24(16)17/h8-11H,2-7H2,1H3,(H,21,25)/t10-,11-/m0/s1. The maximum Gasteiger partial charge on any atom is 0.227 e. The van der Waals surface area contributed by atoms with Crippen LogP contribution in [0.5, 0.6) is 0 Å². The molecule has 2 atom stereocenters. The summed E-state index contributed by atoms with van der Waals surface area (Å²) >= 11 is 0. The van der Waals surface area contributed by atoms with Crippen LogP contribution in [0.4, 0.5) is 14.5 Å². The molecule has 1 amide bonds. The van der Waals surface area contributed by atoms with Gasteiger partial charge in [0.1, 0.15) is 17.5 Å². The summed E-state index contributed by atoms with van der Waals surface area (Å²) in [6, 6.07) is 2.14. The van der Waals surface area contributed by atoms with Crippen molar-refractivity contribution in [2.45, 2.75) is 45.6 Å². The van der Waals surface area contributed by atoms with Crippen LogP contribution in [-0.4, -0.2) is 20.7 Å². The molecule has 1 N–H and O–H groups in total. The number of aromatic nitrogens is 3. The second-order valence-corrected chi connectivity index (χ2v) is 7.02. The smallest absolute Gasteiger partial charge is 0.227 e. The highest BCUT2D eigenvalue weighted by atomic mass is 19.1. The van der Waals surface area contributed by atoms with Gasteiger partial charge in [-0.2, -0.15) is 0 Å². The van der Waals surface area contributed by atoms with Crippen molar-refractivity contribution >= 4 is 11.6 Å². The molecule has 0 radical (unpaired) electrons. The highest BCUT2D eigenvalue weighted by Gasteiger charge is 2.39. The Morgan fingerprint density at radius 3 is 2.76 bits per heavy atom. The molecule has 1 aromatic heterocycles. The molecule has 1 saturated carbocycles. The van der Waals surface area contributed by atoms with Gasteiger partial charge >= 0.3 is 0 Å². The van der Waals surface area contributed by atoms with Gasteiger partial charge in [0.25, 0.3) is 0 Å². The summed E-state index contributed by atoms with van der Waals surface area (Å²) in [6.45, 7) is 2.69. The largest absolute Gasteiger partial charge is 0.323 e. The minimum absolute atomic E-state index is 0.00790. The van der Waals surface area contributed by atoms with Crippen molar-refractivity contribution in [2.75, 3.05) is 5.32 Å². The Balaban J connectivity index is 1.69. The lowest BCUT2D eigenvalue weighted by atomic mass is 10.1. The first-order chi connectivity index (χ1) is 12.0. The van der Waals surface area contributed by atoms with E-state index in [1.807, 2.05) is 11.5 Å². The van der Waals surface area contributed by atoms with Gasteiger partial charge in [-0.15, -0.1) is 10.2 Å². The molecule has 0 saturated heterocycles. The van der Waals surface area contributed by atoms with Crippen molar-refractivity contribution in [1.82, 2.24) is 14.8 Å². The second-order valence-electron chi connectivity index (χ2n) is 7.02. The molecule has 0 spiro atoms. The van der Waals surface area contributed by atoms with E-state index in [1.165, 1.54) is 6.07 Å². The summed E-state index contributed by atoms with van der Waals surface area (Å²) in [7, 11) is 0. The van der Waals surface area contributed by atoms with Gasteiger partial charge in [0.2, 0.25) is 5.91 Å². The van der Waals surface area contributed by atoms with Crippen LogP contribution in [-0.2, 0) is 17.8 Å². The molecule has 1 aliphatic carbocycles. The zero-order valence-electron chi connectivity index (χ0n) is 14.1. The van der Waals surface area contributed by atoms with Crippen molar-refractivity contribution in [1.29, 1.82) is 0 Å². The molecule has 1 aliphatic heterocycles. The molecule has 1 aromatic carbocycles. The average molecular weight is 346 g/mol. The van der Waals surface area contributed by atoms with Gasteiger partial charge in [-0.05, 0) is 31.2 Å². The Hall–Kier alpha value is -2.31. The molecule has 25 heavy (non-hydrogen) atoms. The Morgan fingerprint density at radius 2 is 2.00 bits per heavy atom. The maximum atomic E-state index is 14.4. The van der Waals surface area contributed by atoms with Crippen molar-refractivity contribution in [3.8, 4) is 11.4 Å². The van der Waals surface area contributed by atoms with Crippen LogP contribution in [0.2, 0.25) is 0 Å². The summed E-state index contributed by atoms with van der Waals surface area (Å²) in [5, 5.41) is 10.9. The fraction of sp³-hybridized carbons (Fsp3) is 0.500. The normalized spacial score (nSPS) is 22.2. The summed E-state index contributed by atoms with van der Waals surface area (Å²) in [6.07, 6.45) is 4.71. The van der Waals surface area contributed by atoms with E-state index in [-0.39, 0.29) is 23.1 Å². The third kappa shape index (κ3) is 3.03. The number of nitrogens with zero attached hydrogens (tertiary/aromatic N) is 3. The molecule has 132 valence electrons. The molecule has 2 aliphatic rings. The number of amides is 1. The molecule has 7 heteroatoms. The van der Waals surface area contributed by atoms with Gasteiger partial charge in [-0.1, -0.05) is 13.3 Å². The van der Waals surface area contributed by atoms with Crippen LogP contribution >= 0.6 is 0 Å². The van der Waals surface area contributed by atoms with Gasteiger partial charge in [0.15, 0.2) is 5.82 Å². The summed E-state index contributed by atoms with van der Waals surface area (Å²) in [5.41, 5.74) is 0.160. The highest BCUT2D eigenvalue weighted by Crippen LogP contribution is 2.39. The van der Waals surface area contributed by atoms with Crippen LogP contribution in [0.25, 0.3) is 11.4 Å². The van der Waals surface area contributed by atoms with Gasteiger partial charge < -0.3 is 9.88 Å². The number of benzene rings is 1. The number of hydrogen-bond donors (Lipinski definition) is 1. The molecule has 2 aromatic rings. The van der Waals surface area contributed by atoms with Crippen LogP contribution in [0.1, 0.15) is 38.4 Å². The first kappa shape index (κ1) is 16.2. The van der Waals surface area contributed by atoms with Crippen LogP contribution in [0, 0.1) is 23.5 Å². The van der Waals surface area contributed by atoms with Gasteiger partial charge in [0, 0.05) is 24.9 Å². The van der Waals surface area contributed by atoms with Crippen LogP contribution in [0.3, 0.4) is 0 Å². The molecular weight excluding hydrogens is 326 g/mol. The van der Waals surface area contributed by atoms with E-state index in [2.05, 4.69) is 15.5 Å².